The maximum Gasteiger partial charge on any atom is 0.141 e. The van der Waals surface area contributed by atoms with Crippen LogP contribution in [0.1, 0.15) is 11.1 Å². The lowest BCUT2D eigenvalue weighted by Gasteiger charge is -2.17. The van der Waals surface area contributed by atoms with Gasteiger partial charge in [0.25, 0.3) is 0 Å². The van der Waals surface area contributed by atoms with Crippen LogP contribution in [0.25, 0.3) is 0 Å². The number of methoxy groups -OCH3 is 1. The summed E-state index contributed by atoms with van der Waals surface area (Å²) < 4.78 is 5.16. The molecule has 106 valence electrons. The van der Waals surface area contributed by atoms with Crippen LogP contribution in [-0.2, 0) is 13.1 Å². The highest BCUT2D eigenvalue weighted by atomic mass is 35.5. The average molecular weight is 291 g/mol. The number of nitrogens with zero attached hydrogens (tertiary/aromatic N) is 1. The fourth-order valence-electron chi connectivity index (χ4n) is 2.20. The number of hydrogen-bond donors (Lipinski definition) is 1. The third-order valence-corrected chi connectivity index (χ3v) is 3.32. The van der Waals surface area contributed by atoms with Crippen LogP contribution >= 0.6 is 11.6 Å². The maximum absolute atomic E-state index is 5.99. The zero-order valence-corrected chi connectivity index (χ0v) is 12.5. The molecule has 0 aromatic heterocycles. The van der Waals surface area contributed by atoms with Gasteiger partial charge in [-0.05, 0) is 42.4 Å². The monoisotopic (exact) mass is 290 g/mol. The number of nitrogens with two attached hydrogens (primary N) is 1. The molecule has 0 aliphatic carbocycles. The molecule has 2 aromatic rings. The standard InChI is InChI=1S/C16H19ClN2O/c1-19(10-12-4-3-5-14(17)8-12)11-13-6-7-16(20-2)15(18)9-13/h3-9H,10-11,18H2,1-2H3. The van der Waals surface area contributed by atoms with Gasteiger partial charge in [-0.3, -0.25) is 4.90 Å². The average Bonchev–Trinajstić information content (AvgIpc) is 2.38. The van der Waals surface area contributed by atoms with Crippen molar-refractivity contribution in [2.45, 2.75) is 13.1 Å². The van der Waals surface area contributed by atoms with E-state index in [2.05, 4.69) is 18.0 Å². The Morgan fingerprint density at radius 3 is 2.40 bits per heavy atom. The van der Waals surface area contributed by atoms with Gasteiger partial charge >= 0.3 is 0 Å². The summed E-state index contributed by atoms with van der Waals surface area (Å²) in [5, 5.41) is 0.768. The van der Waals surface area contributed by atoms with Crippen molar-refractivity contribution in [1.29, 1.82) is 0 Å². The summed E-state index contributed by atoms with van der Waals surface area (Å²) in [7, 11) is 3.69. The van der Waals surface area contributed by atoms with Gasteiger partial charge in [0.2, 0.25) is 0 Å². The Bertz CT molecular complexity index is 586. The van der Waals surface area contributed by atoms with Gasteiger partial charge in [-0.2, -0.15) is 0 Å². The van der Waals surface area contributed by atoms with E-state index in [0.29, 0.717) is 11.4 Å². The first kappa shape index (κ1) is 14.7. The molecule has 0 aliphatic rings. The number of nitrogen functional groups attached to an aromatic ring is 1. The summed E-state index contributed by atoms with van der Waals surface area (Å²) in [6.45, 7) is 1.66. The molecule has 0 bridgehead atoms. The minimum atomic E-state index is 0.668. The number of ether oxygens (including phenoxy) is 1. The fraction of sp³-hybridized carbons (Fsp3) is 0.250. The number of benzene rings is 2. The molecular weight excluding hydrogens is 272 g/mol. The van der Waals surface area contributed by atoms with Crippen LogP contribution < -0.4 is 10.5 Å². The molecular formula is C16H19ClN2O. The molecule has 0 unspecified atom stereocenters. The first-order valence-electron chi connectivity index (χ1n) is 6.44. The Morgan fingerprint density at radius 2 is 1.80 bits per heavy atom. The molecule has 0 spiro atoms. The SMILES string of the molecule is COc1ccc(CN(C)Cc2cccc(Cl)c2)cc1N. The molecule has 0 heterocycles. The van der Waals surface area contributed by atoms with Crippen molar-refractivity contribution >= 4 is 17.3 Å². The van der Waals surface area contributed by atoms with Crippen molar-refractivity contribution in [2.24, 2.45) is 0 Å². The van der Waals surface area contributed by atoms with E-state index in [1.54, 1.807) is 7.11 Å². The zero-order valence-electron chi connectivity index (χ0n) is 11.8. The topological polar surface area (TPSA) is 38.5 Å². The lowest BCUT2D eigenvalue weighted by atomic mass is 10.1. The first-order chi connectivity index (χ1) is 9.58. The minimum absolute atomic E-state index is 0.668. The van der Waals surface area contributed by atoms with Crippen LogP contribution in [0.4, 0.5) is 5.69 Å². The van der Waals surface area contributed by atoms with Gasteiger partial charge in [0, 0.05) is 18.1 Å². The summed E-state index contributed by atoms with van der Waals surface area (Å²) in [5.74, 6) is 0.714. The number of hydrogen-bond acceptors (Lipinski definition) is 3. The van der Waals surface area contributed by atoms with Gasteiger partial charge in [0.15, 0.2) is 0 Å². The smallest absolute Gasteiger partial charge is 0.141 e. The van der Waals surface area contributed by atoms with E-state index < -0.39 is 0 Å². The third-order valence-electron chi connectivity index (χ3n) is 3.09. The Morgan fingerprint density at radius 1 is 1.10 bits per heavy atom. The van der Waals surface area contributed by atoms with Crippen molar-refractivity contribution < 1.29 is 4.74 Å². The Balaban J connectivity index is 2.01. The molecule has 4 heteroatoms. The molecule has 0 radical (unpaired) electrons. The van der Waals surface area contributed by atoms with Gasteiger partial charge < -0.3 is 10.5 Å². The van der Waals surface area contributed by atoms with Gasteiger partial charge in [0.05, 0.1) is 12.8 Å². The van der Waals surface area contributed by atoms with Gasteiger partial charge in [-0.25, -0.2) is 0 Å². The summed E-state index contributed by atoms with van der Waals surface area (Å²) in [4.78, 5) is 2.22. The third kappa shape index (κ3) is 3.89. The second kappa shape index (κ2) is 6.64. The predicted octanol–water partition coefficient (Wildman–Crippen LogP) is 3.56. The van der Waals surface area contributed by atoms with Gasteiger partial charge in [-0.1, -0.05) is 29.8 Å². The fourth-order valence-corrected chi connectivity index (χ4v) is 2.41. The molecule has 0 saturated heterocycles. The Hall–Kier alpha value is -1.71. The second-order valence-corrected chi connectivity index (χ2v) is 5.31. The highest BCUT2D eigenvalue weighted by Gasteiger charge is 2.05. The molecule has 2 aromatic carbocycles. The minimum Gasteiger partial charge on any atom is -0.495 e. The molecule has 0 amide bonds. The molecule has 0 saturated carbocycles. The van der Waals surface area contributed by atoms with Gasteiger partial charge in [0.1, 0.15) is 5.75 Å². The second-order valence-electron chi connectivity index (χ2n) is 4.88. The van der Waals surface area contributed by atoms with E-state index in [0.717, 1.165) is 23.7 Å². The van der Waals surface area contributed by atoms with Crippen LogP contribution in [0.2, 0.25) is 5.02 Å². The van der Waals surface area contributed by atoms with E-state index >= 15 is 0 Å². The van der Waals surface area contributed by atoms with Crippen molar-refractivity contribution in [2.75, 3.05) is 19.9 Å². The van der Waals surface area contributed by atoms with Crippen LogP contribution in [0, 0.1) is 0 Å². The van der Waals surface area contributed by atoms with E-state index in [-0.39, 0.29) is 0 Å². The number of halogens is 1. The molecule has 20 heavy (non-hydrogen) atoms. The Kier molecular flexibility index (Phi) is 4.88. The van der Waals surface area contributed by atoms with Crippen LogP contribution in [0.3, 0.4) is 0 Å². The van der Waals surface area contributed by atoms with E-state index in [9.17, 15) is 0 Å². The normalized spacial score (nSPS) is 10.8. The van der Waals surface area contributed by atoms with Gasteiger partial charge in [-0.15, -0.1) is 0 Å². The van der Waals surface area contributed by atoms with E-state index in [1.807, 2.05) is 36.4 Å². The first-order valence-corrected chi connectivity index (χ1v) is 6.81. The van der Waals surface area contributed by atoms with Crippen LogP contribution in [-0.4, -0.2) is 19.1 Å². The molecule has 3 nitrogen and oxygen atoms in total. The maximum atomic E-state index is 5.99. The predicted molar refractivity (Wildman–Crippen MR) is 84.0 cm³/mol. The lowest BCUT2D eigenvalue weighted by molar-refractivity contribution is 0.319. The van der Waals surface area contributed by atoms with Crippen LogP contribution in [0.15, 0.2) is 42.5 Å². The summed E-state index contributed by atoms with van der Waals surface area (Å²) >= 11 is 5.99. The summed E-state index contributed by atoms with van der Waals surface area (Å²) in [5.41, 5.74) is 8.94. The molecule has 0 aliphatic heterocycles. The molecule has 0 atom stereocenters. The zero-order chi connectivity index (χ0) is 14.5. The largest absolute Gasteiger partial charge is 0.495 e. The lowest BCUT2D eigenvalue weighted by Crippen LogP contribution is -2.17. The number of anilines is 1. The van der Waals surface area contributed by atoms with Crippen molar-refractivity contribution in [3.63, 3.8) is 0 Å². The molecule has 0 fully saturated rings. The van der Waals surface area contributed by atoms with E-state index in [4.69, 9.17) is 22.1 Å². The highest BCUT2D eigenvalue weighted by Crippen LogP contribution is 2.22. The van der Waals surface area contributed by atoms with Crippen molar-refractivity contribution in [3.8, 4) is 5.75 Å². The Labute approximate surface area is 124 Å². The quantitative estimate of drug-likeness (QED) is 0.856. The van der Waals surface area contributed by atoms with E-state index in [1.165, 1.54) is 5.56 Å². The number of rotatable bonds is 5. The van der Waals surface area contributed by atoms with Crippen molar-refractivity contribution in [1.82, 2.24) is 4.90 Å². The summed E-state index contributed by atoms with van der Waals surface area (Å²) in [6.07, 6.45) is 0. The molecule has 2 N–H and O–H groups in total. The van der Waals surface area contributed by atoms with Crippen molar-refractivity contribution in [3.05, 3.63) is 58.6 Å². The van der Waals surface area contributed by atoms with Crippen LogP contribution in [0.5, 0.6) is 5.75 Å². The molecule has 2 rings (SSSR count). The summed E-state index contributed by atoms with van der Waals surface area (Å²) in [6, 6.07) is 13.8. The highest BCUT2D eigenvalue weighted by molar-refractivity contribution is 6.30.